The first kappa shape index (κ1) is 36.4. The summed E-state index contributed by atoms with van der Waals surface area (Å²) in [5.74, 6) is -0.910. The maximum Gasteiger partial charge on any atom is 0.343 e. The number of thioether (sulfide) groups is 2. The van der Waals surface area contributed by atoms with Crippen molar-refractivity contribution in [3.63, 3.8) is 0 Å². The highest BCUT2D eigenvalue weighted by atomic mass is 32.2. The summed E-state index contributed by atoms with van der Waals surface area (Å²) in [5, 5.41) is 4.70. The number of aryl methyl sites for hydroxylation is 1. The van der Waals surface area contributed by atoms with E-state index < -0.39 is 17.6 Å². The SMILES string of the molecule is CNc1nc(SC)ncc1C=O.COC(=O)COc1ccccc1F.CSc1ncc2cc(Oc3ccccc3F)c(=O)n(C)c2n1. The van der Waals surface area contributed by atoms with Gasteiger partial charge in [0.15, 0.2) is 52.1 Å². The number of esters is 1. The van der Waals surface area contributed by atoms with Crippen molar-refractivity contribution in [2.45, 2.75) is 10.3 Å². The van der Waals surface area contributed by atoms with Crippen molar-refractivity contribution in [1.29, 1.82) is 0 Å². The molecule has 5 rings (SSSR count). The molecule has 5 aromatic rings. The summed E-state index contributed by atoms with van der Waals surface area (Å²) in [6, 6.07) is 13.3. The molecule has 0 aliphatic carbocycles. The smallest absolute Gasteiger partial charge is 0.343 e. The van der Waals surface area contributed by atoms with Crippen LogP contribution >= 0.6 is 23.5 Å². The van der Waals surface area contributed by atoms with E-state index in [9.17, 15) is 23.2 Å². The average Bonchev–Trinajstić information content (AvgIpc) is 3.11. The van der Waals surface area contributed by atoms with Crippen molar-refractivity contribution < 1.29 is 32.6 Å². The van der Waals surface area contributed by atoms with E-state index in [0.29, 0.717) is 32.7 Å². The summed E-state index contributed by atoms with van der Waals surface area (Å²) >= 11 is 2.83. The maximum atomic E-state index is 13.7. The number of nitrogens with one attached hydrogen (secondary N) is 1. The van der Waals surface area contributed by atoms with Gasteiger partial charge in [-0.15, -0.1) is 0 Å². The number of para-hydroxylation sites is 2. The van der Waals surface area contributed by atoms with Crippen LogP contribution in [0.4, 0.5) is 14.6 Å². The minimum Gasteiger partial charge on any atom is -0.479 e. The summed E-state index contributed by atoms with van der Waals surface area (Å²) < 4.78 is 42.5. The van der Waals surface area contributed by atoms with Gasteiger partial charge in [0, 0.05) is 31.9 Å². The Morgan fingerprint density at radius 1 is 0.936 bits per heavy atom. The lowest BCUT2D eigenvalue weighted by Gasteiger charge is -2.10. The minimum atomic E-state index is -0.539. The van der Waals surface area contributed by atoms with Gasteiger partial charge in [-0.1, -0.05) is 47.8 Å². The number of fused-ring (bicyclic) bond motifs is 1. The van der Waals surface area contributed by atoms with Gasteiger partial charge >= 0.3 is 5.97 Å². The Bertz CT molecular complexity index is 1900. The topological polar surface area (TPSA) is 147 Å². The molecule has 0 saturated carbocycles. The highest BCUT2D eigenvalue weighted by Crippen LogP contribution is 2.24. The van der Waals surface area contributed by atoms with E-state index in [2.05, 4.69) is 30.0 Å². The van der Waals surface area contributed by atoms with E-state index in [0.717, 1.165) is 6.29 Å². The van der Waals surface area contributed by atoms with Crippen molar-refractivity contribution in [3.8, 4) is 17.2 Å². The van der Waals surface area contributed by atoms with Crippen molar-refractivity contribution >= 4 is 52.6 Å². The molecule has 2 aromatic carbocycles. The summed E-state index contributed by atoms with van der Waals surface area (Å²) in [6.07, 6.45) is 7.60. The van der Waals surface area contributed by atoms with E-state index in [-0.39, 0.29) is 29.4 Å². The van der Waals surface area contributed by atoms with Crippen LogP contribution in [-0.2, 0) is 16.6 Å². The Labute approximate surface area is 276 Å². The molecule has 0 amide bonds. The van der Waals surface area contributed by atoms with Gasteiger partial charge < -0.3 is 19.5 Å². The first-order valence-electron chi connectivity index (χ1n) is 13.5. The fourth-order valence-electron chi connectivity index (χ4n) is 3.54. The number of hydrogen-bond acceptors (Lipinski definition) is 13. The molecule has 0 aliphatic rings. The molecule has 0 unspecified atom stereocenters. The number of nitrogens with zero attached hydrogens (tertiary/aromatic N) is 5. The number of carbonyl (C=O) groups excluding carboxylic acids is 2. The maximum absolute atomic E-state index is 13.7. The third kappa shape index (κ3) is 10.2. The molecular formula is C31H30F2N6O6S2. The molecule has 0 fully saturated rings. The van der Waals surface area contributed by atoms with Crippen LogP contribution in [0, 0.1) is 11.6 Å². The number of benzene rings is 2. The quantitative estimate of drug-likeness (QED) is 0.0914. The van der Waals surface area contributed by atoms with Crippen LogP contribution in [0.25, 0.3) is 11.0 Å². The van der Waals surface area contributed by atoms with Crippen LogP contribution in [0.3, 0.4) is 0 Å². The van der Waals surface area contributed by atoms with Crippen molar-refractivity contribution in [3.05, 3.63) is 94.5 Å². The number of rotatable bonds is 9. The highest BCUT2D eigenvalue weighted by Gasteiger charge is 2.13. The van der Waals surface area contributed by atoms with E-state index in [1.165, 1.54) is 71.7 Å². The molecule has 12 nitrogen and oxygen atoms in total. The number of aldehydes is 1. The molecule has 47 heavy (non-hydrogen) atoms. The number of methoxy groups -OCH3 is 1. The number of halogens is 2. The molecule has 0 radical (unpaired) electrons. The van der Waals surface area contributed by atoms with Crippen LogP contribution in [0.5, 0.6) is 17.2 Å². The van der Waals surface area contributed by atoms with Gasteiger partial charge in [-0.25, -0.2) is 33.5 Å². The molecular weight excluding hydrogens is 655 g/mol. The van der Waals surface area contributed by atoms with E-state index in [1.54, 1.807) is 44.6 Å². The predicted molar refractivity (Wildman–Crippen MR) is 176 cm³/mol. The molecule has 0 atom stereocenters. The van der Waals surface area contributed by atoms with Gasteiger partial charge in [0.2, 0.25) is 0 Å². The molecule has 3 heterocycles. The summed E-state index contributed by atoms with van der Waals surface area (Å²) in [7, 11) is 4.56. The van der Waals surface area contributed by atoms with Gasteiger partial charge in [0.1, 0.15) is 11.5 Å². The Hall–Kier alpha value is -5.09. The lowest BCUT2D eigenvalue weighted by molar-refractivity contribution is -0.142. The molecule has 1 N–H and O–H groups in total. The number of hydrogen-bond donors (Lipinski definition) is 1. The number of ether oxygens (including phenoxy) is 3. The molecule has 246 valence electrons. The second-order valence-electron chi connectivity index (χ2n) is 8.86. The van der Waals surface area contributed by atoms with Crippen molar-refractivity contribution in [2.75, 3.05) is 38.6 Å². The number of pyridine rings is 1. The zero-order valence-corrected chi connectivity index (χ0v) is 27.5. The molecule has 0 aliphatic heterocycles. The lowest BCUT2D eigenvalue weighted by Crippen LogP contribution is -2.19. The zero-order valence-electron chi connectivity index (χ0n) is 25.9. The fourth-order valence-corrected chi connectivity index (χ4v) is 4.21. The van der Waals surface area contributed by atoms with E-state index >= 15 is 0 Å². The standard InChI is InChI=1S/C15H12FN3O2S.C9H9FO3.C7H9N3OS/c1-19-13-9(8-17-15(18-13)22-2)7-12(14(19)20)21-11-6-4-3-5-10(11)16;1-12-9(11)6-13-8-5-3-2-4-7(8)10;1-8-6-5(4-11)3-9-7(10-6)12-2/h3-8H,1-2H3;2-5H,6H2,1H3;3-4H,1-2H3,(H,8,9,10). The first-order chi connectivity index (χ1) is 22.6. The van der Waals surface area contributed by atoms with Crippen LogP contribution in [0.2, 0.25) is 0 Å². The molecule has 0 spiro atoms. The number of carbonyl (C=O) groups is 2. The van der Waals surface area contributed by atoms with Gasteiger partial charge in [-0.05, 0) is 42.8 Å². The number of anilines is 1. The fraction of sp³-hybridized carbons (Fsp3) is 0.194. The second kappa shape index (κ2) is 18.2. The predicted octanol–water partition coefficient (Wildman–Crippen LogP) is 5.41. The van der Waals surface area contributed by atoms with Crippen LogP contribution < -0.4 is 20.3 Å². The van der Waals surface area contributed by atoms with Gasteiger partial charge in [-0.2, -0.15) is 0 Å². The van der Waals surface area contributed by atoms with Crippen LogP contribution in [0.15, 0.2) is 82.1 Å². The average molecular weight is 685 g/mol. The van der Waals surface area contributed by atoms with Crippen LogP contribution in [-0.4, -0.2) is 70.0 Å². The monoisotopic (exact) mass is 684 g/mol. The molecule has 0 saturated heterocycles. The normalized spacial score (nSPS) is 10.1. The van der Waals surface area contributed by atoms with E-state index in [1.807, 2.05) is 12.5 Å². The summed E-state index contributed by atoms with van der Waals surface area (Å²) in [4.78, 5) is 50.0. The minimum absolute atomic E-state index is 0.000558. The largest absolute Gasteiger partial charge is 0.479 e. The lowest BCUT2D eigenvalue weighted by atomic mass is 10.3. The first-order valence-corrected chi connectivity index (χ1v) is 15.9. The Morgan fingerprint density at radius 2 is 1.53 bits per heavy atom. The highest BCUT2D eigenvalue weighted by molar-refractivity contribution is 7.98. The summed E-state index contributed by atoms with van der Waals surface area (Å²) in [5.41, 5.74) is 0.599. The van der Waals surface area contributed by atoms with Gasteiger partial charge in [0.05, 0.1) is 12.7 Å². The Morgan fingerprint density at radius 3 is 2.11 bits per heavy atom. The third-order valence-electron chi connectivity index (χ3n) is 5.88. The van der Waals surface area contributed by atoms with E-state index in [4.69, 9.17) is 9.47 Å². The van der Waals surface area contributed by atoms with Gasteiger partial charge in [0.25, 0.3) is 5.56 Å². The third-order valence-corrected chi connectivity index (χ3v) is 7.01. The van der Waals surface area contributed by atoms with Crippen molar-refractivity contribution in [1.82, 2.24) is 24.5 Å². The van der Waals surface area contributed by atoms with Gasteiger partial charge in [-0.3, -0.25) is 14.2 Å². The second-order valence-corrected chi connectivity index (χ2v) is 10.4. The molecule has 3 aromatic heterocycles. The summed E-state index contributed by atoms with van der Waals surface area (Å²) in [6.45, 7) is -0.280. The van der Waals surface area contributed by atoms with Crippen LogP contribution in [0.1, 0.15) is 10.4 Å². The Balaban J connectivity index is 0.000000206. The Kier molecular flexibility index (Phi) is 14.1. The molecule has 16 heteroatoms. The number of aromatic nitrogens is 5. The molecule has 0 bridgehead atoms. The van der Waals surface area contributed by atoms with Crippen molar-refractivity contribution in [2.24, 2.45) is 7.05 Å². The zero-order chi connectivity index (χ0) is 34.3.